The number of hydrogen-bond acceptors (Lipinski definition) is 8. The summed E-state index contributed by atoms with van der Waals surface area (Å²) in [5, 5.41) is 7.63. The van der Waals surface area contributed by atoms with Crippen molar-refractivity contribution in [2.45, 2.75) is 39.4 Å². The monoisotopic (exact) mass is 579 g/mol. The first kappa shape index (κ1) is 25.7. The van der Waals surface area contributed by atoms with Crippen molar-refractivity contribution in [3.05, 3.63) is 59.1 Å². The zero-order valence-electron chi connectivity index (χ0n) is 20.6. The zero-order valence-corrected chi connectivity index (χ0v) is 22.1. The summed E-state index contributed by atoms with van der Waals surface area (Å²) >= 11 is 3.19. The third-order valence-electron chi connectivity index (χ3n) is 6.62. The first-order chi connectivity index (χ1) is 18.2. The minimum Gasteiger partial charge on any atom is -0.309 e. The average Bonchev–Trinajstić information content (AvgIpc) is 3.45. The van der Waals surface area contributed by atoms with Gasteiger partial charge in [-0.3, -0.25) is 24.0 Å². The number of anilines is 1. The van der Waals surface area contributed by atoms with Crippen molar-refractivity contribution in [2.75, 3.05) is 5.32 Å². The quantitative estimate of drug-likeness (QED) is 0.323. The van der Waals surface area contributed by atoms with E-state index in [0.29, 0.717) is 21.3 Å². The molecule has 1 aliphatic carbocycles. The van der Waals surface area contributed by atoms with Crippen LogP contribution in [0.25, 0.3) is 22.0 Å². The number of nitrogens with zero attached hydrogens (tertiary/aromatic N) is 6. The largest absolute Gasteiger partial charge is 0.309 e. The predicted molar refractivity (Wildman–Crippen MR) is 140 cm³/mol. The molecule has 12 heteroatoms. The highest BCUT2D eigenvalue weighted by atomic mass is 79.9. The highest BCUT2D eigenvalue weighted by Gasteiger charge is 2.43. The van der Waals surface area contributed by atoms with Crippen LogP contribution in [0.1, 0.15) is 36.1 Å². The van der Waals surface area contributed by atoms with Crippen molar-refractivity contribution < 1.29 is 18.8 Å². The van der Waals surface area contributed by atoms with Crippen LogP contribution in [0, 0.1) is 18.8 Å². The number of carbonyl (C=O) groups is 3. The van der Waals surface area contributed by atoms with Crippen LogP contribution in [0.5, 0.6) is 0 Å². The molecule has 4 aromatic rings. The Morgan fingerprint density at radius 2 is 1.82 bits per heavy atom. The van der Waals surface area contributed by atoms with Gasteiger partial charge in [-0.25, -0.2) is 19.3 Å². The van der Waals surface area contributed by atoms with E-state index in [-0.39, 0.29) is 42.5 Å². The molecule has 3 heterocycles. The third-order valence-corrected chi connectivity index (χ3v) is 7.00. The van der Waals surface area contributed by atoms with Crippen molar-refractivity contribution in [3.8, 4) is 11.1 Å². The van der Waals surface area contributed by atoms with Crippen LogP contribution >= 0.6 is 15.9 Å². The molecule has 0 spiro atoms. The Bertz CT molecular complexity index is 1560. The van der Waals surface area contributed by atoms with E-state index in [1.807, 2.05) is 12.1 Å². The van der Waals surface area contributed by atoms with Crippen LogP contribution in [-0.4, -0.2) is 53.4 Å². The van der Waals surface area contributed by atoms with Crippen LogP contribution in [0.15, 0.2) is 47.6 Å². The summed E-state index contributed by atoms with van der Waals surface area (Å²) in [4.78, 5) is 55.2. The topological polar surface area (TPSA) is 133 Å². The van der Waals surface area contributed by atoms with E-state index in [2.05, 4.69) is 46.3 Å². The molecule has 0 aliphatic heterocycles. The van der Waals surface area contributed by atoms with Gasteiger partial charge in [0.05, 0.1) is 23.8 Å². The minimum absolute atomic E-state index is 0.0581. The van der Waals surface area contributed by atoms with Gasteiger partial charge >= 0.3 is 0 Å². The van der Waals surface area contributed by atoms with Crippen LogP contribution in [-0.2, 0) is 16.1 Å². The summed E-state index contributed by atoms with van der Waals surface area (Å²) in [5.74, 6) is -1.93. The second-order valence-electron chi connectivity index (χ2n) is 9.28. The van der Waals surface area contributed by atoms with Crippen molar-refractivity contribution in [3.63, 3.8) is 0 Å². The second kappa shape index (κ2) is 10.4. The first-order valence-electron chi connectivity index (χ1n) is 12.0. The molecule has 1 aromatic carbocycles. The molecule has 3 atom stereocenters. The number of carbonyl (C=O) groups excluding carboxylic acids is 3. The fraction of sp³-hybridized carbons (Fsp3) is 0.308. The fourth-order valence-electron chi connectivity index (χ4n) is 4.79. The number of halogens is 2. The molecule has 1 unspecified atom stereocenters. The Balaban J connectivity index is 1.41. The lowest BCUT2D eigenvalue weighted by atomic mass is 9.91. The molecular weight excluding hydrogens is 557 g/mol. The second-order valence-corrected chi connectivity index (χ2v) is 10.1. The van der Waals surface area contributed by atoms with Gasteiger partial charge in [-0.15, -0.1) is 0 Å². The van der Waals surface area contributed by atoms with E-state index in [1.165, 1.54) is 24.0 Å². The number of aryl methyl sites for hydroxylation is 1. The average molecular weight is 580 g/mol. The van der Waals surface area contributed by atoms with Gasteiger partial charge in [0.2, 0.25) is 5.91 Å². The minimum atomic E-state index is -1.28. The van der Waals surface area contributed by atoms with E-state index in [0.717, 1.165) is 11.1 Å². The SMILES string of the molecule is CC(=O)c1nn(CC(=O)C2C[C@H](F)C[C@H]2C(=O)Nc2cncc(Br)n2)c2ccc(-c3cnc(C)nc3)cc12. The smallest absolute Gasteiger partial charge is 0.229 e. The van der Waals surface area contributed by atoms with Gasteiger partial charge in [0.15, 0.2) is 17.4 Å². The molecule has 0 radical (unpaired) electrons. The van der Waals surface area contributed by atoms with Gasteiger partial charge in [-0.05, 0) is 53.4 Å². The molecule has 1 fully saturated rings. The number of hydrogen-bond donors (Lipinski definition) is 1. The third kappa shape index (κ3) is 5.21. The van der Waals surface area contributed by atoms with E-state index in [9.17, 15) is 18.8 Å². The van der Waals surface area contributed by atoms with Crippen molar-refractivity contribution in [2.24, 2.45) is 11.8 Å². The Labute approximate surface area is 225 Å². The Morgan fingerprint density at radius 1 is 1.08 bits per heavy atom. The molecule has 0 bridgehead atoms. The van der Waals surface area contributed by atoms with E-state index < -0.39 is 23.9 Å². The fourth-order valence-corrected chi connectivity index (χ4v) is 5.10. The van der Waals surface area contributed by atoms with E-state index in [4.69, 9.17) is 0 Å². The number of rotatable bonds is 7. The van der Waals surface area contributed by atoms with Gasteiger partial charge in [0, 0.05) is 36.2 Å². The molecule has 1 N–H and O–H groups in total. The van der Waals surface area contributed by atoms with Crippen LogP contribution in [0.2, 0.25) is 0 Å². The highest BCUT2D eigenvalue weighted by Crippen LogP contribution is 2.36. The molecule has 38 heavy (non-hydrogen) atoms. The van der Waals surface area contributed by atoms with Gasteiger partial charge in [0.25, 0.3) is 0 Å². The maximum absolute atomic E-state index is 14.4. The first-order valence-corrected chi connectivity index (χ1v) is 12.7. The Hall–Kier alpha value is -3.93. The Kier molecular flexibility index (Phi) is 7.06. The summed E-state index contributed by atoms with van der Waals surface area (Å²) in [6.45, 7) is 3.00. The van der Waals surface area contributed by atoms with Crippen LogP contribution in [0.3, 0.4) is 0 Å². The number of aromatic nitrogens is 6. The lowest BCUT2D eigenvalue weighted by Crippen LogP contribution is -2.32. The number of nitrogens with one attached hydrogen (secondary N) is 1. The lowest BCUT2D eigenvalue weighted by Gasteiger charge is -2.17. The van der Waals surface area contributed by atoms with Crippen LogP contribution < -0.4 is 5.32 Å². The highest BCUT2D eigenvalue weighted by molar-refractivity contribution is 9.10. The number of alkyl halides is 1. The summed E-state index contributed by atoms with van der Waals surface area (Å²) in [6, 6.07) is 5.43. The van der Waals surface area contributed by atoms with E-state index >= 15 is 0 Å². The summed E-state index contributed by atoms with van der Waals surface area (Å²) in [6.07, 6.45) is 4.83. The maximum atomic E-state index is 14.4. The van der Waals surface area contributed by atoms with Gasteiger partial charge in [0.1, 0.15) is 28.8 Å². The molecule has 3 aromatic heterocycles. The standard InChI is InChI=1S/C26H23BrFN7O3/c1-13(36)25-20-5-15(16-8-30-14(2)31-9-16)3-4-21(20)35(34-25)12-22(37)18-6-17(28)7-19(18)26(38)33-24-11-29-10-23(27)32-24/h3-5,8-11,17-19H,6-7,12H2,1-2H3,(H,32,33,38)/t17-,18?,19+/m0/s1. The number of Topliss-reactive ketones (excluding diaryl/α,β-unsaturated/α-hetero) is 2. The number of benzene rings is 1. The Morgan fingerprint density at radius 3 is 2.53 bits per heavy atom. The summed E-state index contributed by atoms with van der Waals surface area (Å²) in [5.41, 5.74) is 2.38. The molecule has 10 nitrogen and oxygen atoms in total. The predicted octanol–water partition coefficient (Wildman–Crippen LogP) is 4.13. The van der Waals surface area contributed by atoms with Crippen molar-refractivity contribution >= 4 is 50.1 Å². The lowest BCUT2D eigenvalue weighted by molar-refractivity contribution is -0.130. The number of fused-ring (bicyclic) bond motifs is 1. The van der Waals surface area contributed by atoms with E-state index in [1.54, 1.807) is 25.4 Å². The molecular formula is C26H23BrFN7O3. The van der Waals surface area contributed by atoms with Crippen LogP contribution in [0.4, 0.5) is 10.2 Å². The molecule has 5 rings (SSSR count). The number of amides is 1. The van der Waals surface area contributed by atoms with Gasteiger partial charge in [-0.1, -0.05) is 6.07 Å². The maximum Gasteiger partial charge on any atom is 0.229 e. The molecule has 1 aliphatic rings. The summed E-state index contributed by atoms with van der Waals surface area (Å²) in [7, 11) is 0. The molecule has 1 amide bonds. The normalized spacial score (nSPS) is 19.0. The molecule has 194 valence electrons. The zero-order chi connectivity index (χ0) is 27.0. The van der Waals surface area contributed by atoms with Crippen molar-refractivity contribution in [1.82, 2.24) is 29.7 Å². The number of ketones is 2. The van der Waals surface area contributed by atoms with Crippen molar-refractivity contribution in [1.29, 1.82) is 0 Å². The van der Waals surface area contributed by atoms with Gasteiger partial charge < -0.3 is 5.32 Å². The van der Waals surface area contributed by atoms with Gasteiger partial charge in [-0.2, -0.15) is 5.10 Å². The molecule has 0 saturated heterocycles. The molecule has 1 saturated carbocycles. The summed E-state index contributed by atoms with van der Waals surface area (Å²) < 4.78 is 16.3.